The highest BCUT2D eigenvalue weighted by Gasteiger charge is 2.35. The van der Waals surface area contributed by atoms with Crippen LogP contribution in [0.4, 0.5) is 0 Å². The molecule has 2 heterocycles. The molecule has 0 bridgehead atoms. The zero-order chi connectivity index (χ0) is 14.7. The third kappa shape index (κ3) is 3.42. The van der Waals surface area contributed by atoms with Crippen molar-refractivity contribution in [3.63, 3.8) is 0 Å². The summed E-state index contributed by atoms with van der Waals surface area (Å²) < 4.78 is 2.18. The zero-order valence-corrected chi connectivity index (χ0v) is 14.1. The summed E-state index contributed by atoms with van der Waals surface area (Å²) in [5.74, 6) is 4.25. The summed E-state index contributed by atoms with van der Waals surface area (Å²) in [4.78, 5) is 1.68. The highest BCUT2D eigenvalue weighted by atomic mass is 32.2. The van der Waals surface area contributed by atoms with Crippen molar-refractivity contribution in [3.05, 3.63) is 5.82 Å². The molecule has 0 aromatic carbocycles. The summed E-state index contributed by atoms with van der Waals surface area (Å²) in [7, 11) is 0. The molecule has 2 aliphatic rings. The quantitative estimate of drug-likeness (QED) is 0.916. The molecule has 0 radical (unpaired) electrons. The van der Waals surface area contributed by atoms with Gasteiger partial charge in [0.2, 0.25) is 5.82 Å². The Balaban J connectivity index is 1.83. The van der Waals surface area contributed by atoms with Gasteiger partial charge >= 0.3 is 0 Å². The van der Waals surface area contributed by atoms with Gasteiger partial charge in [-0.1, -0.05) is 33.1 Å². The number of nitrogens with zero attached hydrogens (tertiary/aromatic N) is 4. The minimum Gasteiger partial charge on any atom is -0.325 e. The third-order valence-electron chi connectivity index (χ3n) is 4.96. The first-order chi connectivity index (χ1) is 10.3. The van der Waals surface area contributed by atoms with Gasteiger partial charge in [-0.3, -0.25) is 0 Å². The molecular weight excluding hydrogens is 282 g/mol. The maximum atomic E-state index is 4.46. The number of aromatic nitrogens is 4. The van der Waals surface area contributed by atoms with E-state index in [1.165, 1.54) is 56.7 Å². The molecule has 1 saturated carbocycles. The molecule has 6 heteroatoms. The van der Waals surface area contributed by atoms with Crippen molar-refractivity contribution in [1.29, 1.82) is 0 Å². The SMILES string of the molecule is CC(C)[C@@H](c1nnnn1C1CCCCC1)[NH+]1CCSCC1. The highest BCUT2D eigenvalue weighted by Crippen LogP contribution is 2.30. The molecule has 1 N–H and O–H groups in total. The molecule has 118 valence electrons. The third-order valence-corrected chi connectivity index (χ3v) is 5.94. The molecule has 5 nitrogen and oxygen atoms in total. The Morgan fingerprint density at radius 3 is 2.52 bits per heavy atom. The van der Waals surface area contributed by atoms with E-state index >= 15 is 0 Å². The van der Waals surface area contributed by atoms with Crippen molar-refractivity contribution in [1.82, 2.24) is 20.2 Å². The molecule has 3 rings (SSSR count). The smallest absolute Gasteiger partial charge is 0.209 e. The number of hydrogen-bond acceptors (Lipinski definition) is 4. The van der Waals surface area contributed by atoms with E-state index in [0.29, 0.717) is 18.0 Å². The van der Waals surface area contributed by atoms with Gasteiger partial charge in [-0.2, -0.15) is 11.8 Å². The Kier molecular flexibility index (Phi) is 5.16. The first kappa shape index (κ1) is 15.3. The Morgan fingerprint density at radius 2 is 1.86 bits per heavy atom. The fourth-order valence-electron chi connectivity index (χ4n) is 3.89. The van der Waals surface area contributed by atoms with Crippen LogP contribution < -0.4 is 4.90 Å². The predicted octanol–water partition coefficient (Wildman–Crippen LogP) is 1.51. The van der Waals surface area contributed by atoms with Crippen LogP contribution >= 0.6 is 11.8 Å². The number of thioether (sulfide) groups is 1. The Morgan fingerprint density at radius 1 is 1.14 bits per heavy atom. The maximum Gasteiger partial charge on any atom is 0.209 e. The molecule has 0 spiro atoms. The molecule has 1 aromatic rings. The zero-order valence-electron chi connectivity index (χ0n) is 13.3. The van der Waals surface area contributed by atoms with Crippen LogP contribution in [0, 0.1) is 5.92 Å². The van der Waals surface area contributed by atoms with E-state index < -0.39 is 0 Å². The highest BCUT2D eigenvalue weighted by molar-refractivity contribution is 7.99. The van der Waals surface area contributed by atoms with Crippen molar-refractivity contribution >= 4 is 11.8 Å². The van der Waals surface area contributed by atoms with Gasteiger partial charge in [-0.05, 0) is 23.3 Å². The van der Waals surface area contributed by atoms with Crippen LogP contribution in [0.2, 0.25) is 0 Å². The van der Waals surface area contributed by atoms with Gasteiger partial charge in [-0.15, -0.1) is 5.10 Å². The normalized spacial score (nSPS) is 23.6. The Hall–Kier alpha value is -0.620. The van der Waals surface area contributed by atoms with Gasteiger partial charge in [0.05, 0.1) is 19.1 Å². The van der Waals surface area contributed by atoms with E-state index in [0.717, 1.165) is 5.82 Å². The van der Waals surface area contributed by atoms with Gasteiger partial charge in [-0.25, -0.2) is 4.68 Å². The number of tetrazole rings is 1. The van der Waals surface area contributed by atoms with Crippen LogP contribution in [-0.2, 0) is 0 Å². The molecule has 0 amide bonds. The van der Waals surface area contributed by atoms with E-state index in [9.17, 15) is 0 Å². The fraction of sp³-hybridized carbons (Fsp3) is 0.933. The minimum atomic E-state index is 0.447. The molecule has 1 aromatic heterocycles. The van der Waals surface area contributed by atoms with Crippen molar-refractivity contribution in [2.45, 2.75) is 58.0 Å². The van der Waals surface area contributed by atoms with Gasteiger partial charge in [0.25, 0.3) is 0 Å². The lowest BCUT2D eigenvalue weighted by atomic mass is 9.94. The summed E-state index contributed by atoms with van der Waals surface area (Å²) in [5, 5.41) is 12.9. The van der Waals surface area contributed by atoms with Gasteiger partial charge in [0, 0.05) is 17.4 Å². The molecule has 21 heavy (non-hydrogen) atoms. The van der Waals surface area contributed by atoms with E-state index in [4.69, 9.17) is 0 Å². The van der Waals surface area contributed by atoms with Crippen molar-refractivity contribution in [2.75, 3.05) is 24.6 Å². The lowest BCUT2D eigenvalue weighted by Crippen LogP contribution is -3.14. The average molecular weight is 310 g/mol. The Bertz CT molecular complexity index is 435. The van der Waals surface area contributed by atoms with Crippen LogP contribution in [-0.4, -0.2) is 44.8 Å². The minimum absolute atomic E-state index is 0.447. The lowest BCUT2D eigenvalue weighted by molar-refractivity contribution is -0.933. The topological polar surface area (TPSA) is 48.0 Å². The number of hydrogen-bond donors (Lipinski definition) is 1. The van der Waals surface area contributed by atoms with E-state index in [1.807, 2.05) is 0 Å². The molecule has 1 atom stereocenters. The van der Waals surface area contributed by atoms with E-state index in [2.05, 4.69) is 45.8 Å². The van der Waals surface area contributed by atoms with Gasteiger partial charge in [0.1, 0.15) is 0 Å². The number of quaternary nitrogens is 1. The first-order valence-electron chi connectivity index (χ1n) is 8.47. The number of nitrogens with one attached hydrogen (secondary N) is 1. The molecule has 0 unspecified atom stereocenters. The van der Waals surface area contributed by atoms with Crippen LogP contribution in [0.3, 0.4) is 0 Å². The summed E-state index contributed by atoms with van der Waals surface area (Å²) >= 11 is 2.08. The van der Waals surface area contributed by atoms with Crippen LogP contribution in [0.25, 0.3) is 0 Å². The second kappa shape index (κ2) is 7.09. The van der Waals surface area contributed by atoms with Crippen LogP contribution in [0.15, 0.2) is 0 Å². The Labute approximate surface area is 131 Å². The van der Waals surface area contributed by atoms with E-state index in [-0.39, 0.29) is 0 Å². The first-order valence-corrected chi connectivity index (χ1v) is 9.63. The van der Waals surface area contributed by atoms with Gasteiger partial charge in [0.15, 0.2) is 6.04 Å². The standard InChI is InChI=1S/C15H27N5S/c1-12(2)14(19-8-10-21-11-9-19)15-16-17-18-20(15)13-6-4-3-5-7-13/h12-14H,3-11H2,1-2H3/p+1/t14-/m0/s1. The van der Waals surface area contributed by atoms with Crippen LogP contribution in [0.5, 0.6) is 0 Å². The second-order valence-corrected chi connectivity index (χ2v) is 7.99. The summed E-state index contributed by atoms with van der Waals surface area (Å²) in [5.41, 5.74) is 0. The fourth-order valence-corrected chi connectivity index (χ4v) is 4.90. The van der Waals surface area contributed by atoms with Crippen molar-refractivity contribution in [3.8, 4) is 0 Å². The van der Waals surface area contributed by atoms with Crippen molar-refractivity contribution in [2.24, 2.45) is 5.92 Å². The summed E-state index contributed by atoms with van der Waals surface area (Å²) in [6, 6.07) is 0.978. The van der Waals surface area contributed by atoms with Crippen molar-refractivity contribution < 1.29 is 4.90 Å². The molecule has 1 aliphatic heterocycles. The predicted molar refractivity (Wildman–Crippen MR) is 85.5 cm³/mol. The van der Waals surface area contributed by atoms with Gasteiger partial charge < -0.3 is 4.90 Å². The monoisotopic (exact) mass is 310 g/mol. The number of rotatable bonds is 4. The molecular formula is C15H28N5S+. The summed E-state index contributed by atoms with van der Waals surface area (Å²) in [6.45, 7) is 7.12. The lowest BCUT2D eigenvalue weighted by Gasteiger charge is -2.33. The molecule has 1 saturated heterocycles. The summed E-state index contributed by atoms with van der Waals surface area (Å²) in [6.07, 6.45) is 6.51. The average Bonchev–Trinajstić information content (AvgIpc) is 2.98. The largest absolute Gasteiger partial charge is 0.325 e. The van der Waals surface area contributed by atoms with Crippen LogP contribution in [0.1, 0.15) is 63.9 Å². The maximum absolute atomic E-state index is 4.46. The van der Waals surface area contributed by atoms with E-state index in [1.54, 1.807) is 4.90 Å². The second-order valence-electron chi connectivity index (χ2n) is 6.77. The molecule has 2 fully saturated rings. The molecule has 1 aliphatic carbocycles.